The van der Waals surface area contributed by atoms with Gasteiger partial charge in [-0.2, -0.15) is 0 Å². The molecule has 8 bridgehead atoms. The van der Waals surface area contributed by atoms with Crippen molar-refractivity contribution >= 4 is 27.5 Å². The van der Waals surface area contributed by atoms with Gasteiger partial charge in [-0.3, -0.25) is 4.98 Å². The molecule has 6 heterocycles. The summed E-state index contributed by atoms with van der Waals surface area (Å²) in [6, 6.07) is 49.7. The summed E-state index contributed by atoms with van der Waals surface area (Å²) in [6.07, 6.45) is 1.96. The predicted octanol–water partition coefficient (Wildman–Crippen LogP) is 10.5. The van der Waals surface area contributed by atoms with E-state index in [9.17, 15) is 0 Å². The van der Waals surface area contributed by atoms with E-state index >= 15 is 0 Å². The first-order chi connectivity index (χ1) is 31.6. The molecule has 64 heavy (non-hydrogen) atoms. The van der Waals surface area contributed by atoms with Crippen LogP contribution >= 0.6 is 0 Å². The molecule has 5 aromatic carbocycles. The zero-order chi connectivity index (χ0) is 43.3. The van der Waals surface area contributed by atoms with E-state index in [1.165, 1.54) is 11.1 Å². The molecular weight excluding hydrogens is 801 g/mol. The second-order valence-corrected chi connectivity index (χ2v) is 15.6. The molecular formula is C54H52N4O6. The first-order valence-electron chi connectivity index (χ1n) is 22.0. The molecule has 10 nitrogen and oxygen atoms in total. The average Bonchev–Trinajstić information content (AvgIpc) is 3.35. The van der Waals surface area contributed by atoms with Gasteiger partial charge in [0.15, 0.2) is 0 Å². The fourth-order valence-electron chi connectivity index (χ4n) is 7.81. The lowest BCUT2D eigenvalue weighted by molar-refractivity contribution is 0.0347. The normalized spacial score (nSPS) is 15.1. The van der Waals surface area contributed by atoms with Crippen molar-refractivity contribution in [3.8, 4) is 56.4 Å². The highest BCUT2D eigenvalue weighted by Crippen LogP contribution is 2.32. The molecule has 8 aromatic rings. The van der Waals surface area contributed by atoms with Crippen LogP contribution in [0.15, 0.2) is 152 Å². The third kappa shape index (κ3) is 10.7. The number of benzene rings is 5. The largest absolute Gasteiger partial charge is 0.491 e. The van der Waals surface area contributed by atoms with Crippen LogP contribution in [0.2, 0.25) is 0 Å². The molecule has 0 saturated heterocycles. The topological polar surface area (TPSA) is 97.3 Å². The molecule has 0 unspecified atom stereocenters. The van der Waals surface area contributed by atoms with Gasteiger partial charge < -0.3 is 33.3 Å². The Kier molecular flexibility index (Phi) is 14.1. The minimum atomic E-state index is 0.432. The fraction of sp³-hybridized carbons (Fsp3) is 0.241. The van der Waals surface area contributed by atoms with E-state index in [2.05, 4.69) is 103 Å². The van der Waals surface area contributed by atoms with Crippen LogP contribution in [-0.4, -0.2) is 94.1 Å². The lowest BCUT2D eigenvalue weighted by Gasteiger charge is -2.25. The van der Waals surface area contributed by atoms with Gasteiger partial charge in [-0.05, 0) is 102 Å². The maximum atomic E-state index is 6.06. The van der Waals surface area contributed by atoms with Gasteiger partial charge in [-0.25, -0.2) is 9.97 Å². The smallest absolute Gasteiger partial charge is 0.119 e. The first-order valence-corrected chi connectivity index (χ1v) is 22.0. The Bertz CT molecular complexity index is 2640. The molecule has 0 fully saturated rings. The van der Waals surface area contributed by atoms with Gasteiger partial charge in [0.1, 0.15) is 24.7 Å². The van der Waals surface area contributed by atoms with Crippen LogP contribution < -0.4 is 14.4 Å². The number of ether oxygens (including phenoxy) is 6. The second kappa shape index (κ2) is 21.1. The predicted molar refractivity (Wildman–Crippen MR) is 254 cm³/mol. The van der Waals surface area contributed by atoms with Crippen molar-refractivity contribution in [3.05, 3.63) is 157 Å². The van der Waals surface area contributed by atoms with Crippen LogP contribution in [-0.2, 0) is 18.9 Å². The summed E-state index contributed by atoms with van der Waals surface area (Å²) in [5, 5.41) is 2.07. The highest BCUT2D eigenvalue weighted by molar-refractivity contribution is 6.04. The molecule has 0 radical (unpaired) electrons. The molecule has 0 spiro atoms. The molecule has 3 aliphatic rings. The number of aromatic nitrogens is 3. The van der Waals surface area contributed by atoms with Crippen molar-refractivity contribution in [2.45, 2.75) is 6.92 Å². The van der Waals surface area contributed by atoms with Gasteiger partial charge in [0.2, 0.25) is 0 Å². The standard InChI is InChI=1S/C54H52N4O6/c1-39-38-55-52(37-49(39)40-6-3-2-4-7-40)45-8-5-9-46(36-45)58-24-26-59-28-30-61-32-34-63-47-18-12-41(13-19-47)50-22-16-43-10-11-44-17-23-51(57-54(44)53(43)56-50)42-14-20-48(21-15-42)64-35-33-62-31-29-60-27-25-58/h2-23,36-38H,24-35H2,1H3. The number of fused-ring (bicyclic) bond motifs is 2. The summed E-state index contributed by atoms with van der Waals surface area (Å²) in [4.78, 5) is 17.3. The summed E-state index contributed by atoms with van der Waals surface area (Å²) in [5.41, 5.74) is 12.0. The van der Waals surface area contributed by atoms with Crippen LogP contribution in [0.25, 0.3) is 66.7 Å². The van der Waals surface area contributed by atoms with E-state index in [1.807, 2.05) is 60.8 Å². The molecule has 10 heteroatoms. The molecule has 0 aliphatic carbocycles. The van der Waals surface area contributed by atoms with E-state index in [1.54, 1.807) is 0 Å². The summed E-state index contributed by atoms with van der Waals surface area (Å²) in [6.45, 7) is 8.19. The molecule has 3 aliphatic heterocycles. The zero-order valence-corrected chi connectivity index (χ0v) is 36.2. The number of pyridine rings is 3. The van der Waals surface area contributed by atoms with Crippen LogP contribution in [0.1, 0.15) is 5.56 Å². The van der Waals surface area contributed by atoms with Crippen molar-refractivity contribution in [2.24, 2.45) is 0 Å². The quantitative estimate of drug-likeness (QED) is 0.160. The van der Waals surface area contributed by atoms with E-state index in [-0.39, 0.29) is 0 Å². The Labute approximate surface area is 374 Å². The maximum absolute atomic E-state index is 6.06. The summed E-state index contributed by atoms with van der Waals surface area (Å²) in [5.74, 6) is 1.55. The van der Waals surface area contributed by atoms with E-state index < -0.39 is 0 Å². The molecule has 0 amide bonds. The second-order valence-electron chi connectivity index (χ2n) is 15.6. The fourth-order valence-corrected chi connectivity index (χ4v) is 7.81. The van der Waals surface area contributed by atoms with Gasteiger partial charge in [0, 0.05) is 52.4 Å². The van der Waals surface area contributed by atoms with Crippen LogP contribution in [0, 0.1) is 6.92 Å². The minimum Gasteiger partial charge on any atom is -0.491 e. The molecule has 3 aromatic heterocycles. The number of hydrogen-bond donors (Lipinski definition) is 0. The minimum absolute atomic E-state index is 0.432. The van der Waals surface area contributed by atoms with Crippen molar-refractivity contribution in [1.29, 1.82) is 0 Å². The Morgan fingerprint density at radius 3 is 1.48 bits per heavy atom. The molecule has 11 rings (SSSR count). The summed E-state index contributed by atoms with van der Waals surface area (Å²) in [7, 11) is 0. The van der Waals surface area contributed by atoms with Gasteiger partial charge in [-0.1, -0.05) is 66.7 Å². The highest BCUT2D eigenvalue weighted by atomic mass is 16.5. The Balaban J connectivity index is 0.865. The van der Waals surface area contributed by atoms with Crippen LogP contribution in [0.5, 0.6) is 11.5 Å². The van der Waals surface area contributed by atoms with E-state index in [4.69, 9.17) is 43.4 Å². The molecule has 0 atom stereocenters. The number of rotatable bonds is 3. The molecule has 324 valence electrons. The zero-order valence-electron chi connectivity index (χ0n) is 36.2. The summed E-state index contributed by atoms with van der Waals surface area (Å²) >= 11 is 0. The average molecular weight is 853 g/mol. The third-order valence-electron chi connectivity index (χ3n) is 11.3. The van der Waals surface area contributed by atoms with Gasteiger partial charge in [-0.15, -0.1) is 0 Å². The molecule has 0 saturated carbocycles. The number of hydrogen-bond acceptors (Lipinski definition) is 10. The highest BCUT2D eigenvalue weighted by Gasteiger charge is 2.13. The first kappa shape index (κ1) is 42.6. The van der Waals surface area contributed by atoms with Gasteiger partial charge in [0.25, 0.3) is 0 Å². The van der Waals surface area contributed by atoms with Crippen molar-refractivity contribution < 1.29 is 28.4 Å². The Morgan fingerprint density at radius 1 is 0.422 bits per heavy atom. The maximum Gasteiger partial charge on any atom is 0.119 e. The number of nitrogens with zero attached hydrogens (tertiary/aromatic N) is 4. The van der Waals surface area contributed by atoms with Gasteiger partial charge >= 0.3 is 0 Å². The number of anilines is 1. The van der Waals surface area contributed by atoms with E-state index in [0.29, 0.717) is 79.2 Å². The van der Waals surface area contributed by atoms with Gasteiger partial charge in [0.05, 0.1) is 81.0 Å². The monoisotopic (exact) mass is 852 g/mol. The molecule has 0 N–H and O–H groups in total. The van der Waals surface area contributed by atoms with Crippen LogP contribution in [0.4, 0.5) is 5.69 Å². The van der Waals surface area contributed by atoms with Crippen molar-refractivity contribution in [1.82, 2.24) is 15.0 Å². The number of aryl methyl sites for hydroxylation is 1. The summed E-state index contributed by atoms with van der Waals surface area (Å²) < 4.78 is 35.9. The van der Waals surface area contributed by atoms with Crippen LogP contribution in [0.3, 0.4) is 0 Å². The van der Waals surface area contributed by atoms with Crippen molar-refractivity contribution in [2.75, 3.05) is 84.1 Å². The lowest BCUT2D eigenvalue weighted by Crippen LogP contribution is -2.31. The SMILES string of the molecule is Cc1cnc(-c2cccc(N3CCOCCOCCOc4ccc(cc4)-c4ccc5ccc6ccc(nc6c5n4)-c4ccc(cc4)OCCOCCOCC3)c2)cc1-c1ccccc1. The third-order valence-corrected chi connectivity index (χ3v) is 11.3. The van der Waals surface area contributed by atoms with Crippen molar-refractivity contribution in [3.63, 3.8) is 0 Å². The van der Waals surface area contributed by atoms with E-state index in [0.717, 1.165) is 78.3 Å². The Morgan fingerprint density at radius 2 is 0.922 bits per heavy atom. The Hall–Kier alpha value is -6.69. The lowest BCUT2D eigenvalue weighted by atomic mass is 9.99.